The number of methoxy groups -OCH3 is 1. The van der Waals surface area contributed by atoms with E-state index in [0.717, 1.165) is 37.7 Å². The molecule has 1 atom stereocenters. The molecular weight excluding hydrogens is 370 g/mol. The molecule has 1 unspecified atom stereocenters. The van der Waals surface area contributed by atoms with Gasteiger partial charge in [-0.25, -0.2) is 0 Å². The van der Waals surface area contributed by atoms with E-state index in [-0.39, 0.29) is 35.9 Å². The minimum atomic E-state index is -4.51. The highest BCUT2D eigenvalue weighted by Crippen LogP contribution is 2.27. The van der Waals surface area contributed by atoms with Crippen molar-refractivity contribution >= 4 is 30.7 Å². The molecule has 10 heteroatoms. The third-order valence-corrected chi connectivity index (χ3v) is 3.66. The molecule has 138 valence electrons. The van der Waals surface area contributed by atoms with Gasteiger partial charge in [0.15, 0.2) is 0 Å². The fourth-order valence-corrected chi connectivity index (χ4v) is 2.52. The van der Waals surface area contributed by atoms with Crippen LogP contribution in [-0.4, -0.2) is 43.2 Å². The molecule has 0 aromatic carbocycles. The lowest BCUT2D eigenvalue weighted by Crippen LogP contribution is -2.53. The summed E-state index contributed by atoms with van der Waals surface area (Å²) in [4.78, 5) is 15.3. The van der Waals surface area contributed by atoms with Crippen molar-refractivity contribution in [2.45, 2.75) is 24.6 Å². The first kappa shape index (κ1) is 22.9. The topological polar surface area (TPSA) is 63.2 Å². The van der Waals surface area contributed by atoms with Crippen molar-refractivity contribution in [1.29, 1.82) is 0 Å². The Labute approximate surface area is 150 Å². The zero-order valence-corrected chi connectivity index (χ0v) is 14.6. The van der Waals surface area contributed by atoms with Gasteiger partial charge in [-0.2, -0.15) is 13.2 Å². The zero-order valence-electron chi connectivity index (χ0n) is 13.0. The molecule has 2 heterocycles. The third-order valence-electron chi connectivity index (χ3n) is 3.66. The van der Waals surface area contributed by atoms with E-state index < -0.39 is 17.8 Å². The number of hydrogen-bond acceptors (Lipinski definition) is 4. The van der Waals surface area contributed by atoms with Gasteiger partial charge >= 0.3 is 6.18 Å². The van der Waals surface area contributed by atoms with Crippen molar-refractivity contribution in [2.75, 3.05) is 26.8 Å². The molecule has 1 saturated heterocycles. The number of pyridine rings is 1. The van der Waals surface area contributed by atoms with Gasteiger partial charge in [0.2, 0.25) is 0 Å². The Morgan fingerprint density at radius 2 is 2.12 bits per heavy atom. The van der Waals surface area contributed by atoms with Crippen LogP contribution in [0.15, 0.2) is 18.3 Å². The van der Waals surface area contributed by atoms with Crippen LogP contribution in [0, 0.1) is 0 Å². The SMILES string of the molecule is COCC1(CNC(=O)c2ccc(C(F)(F)F)nc2)CCCN1.Cl.Cl. The monoisotopic (exact) mass is 389 g/mol. The maximum Gasteiger partial charge on any atom is 0.433 e. The molecule has 24 heavy (non-hydrogen) atoms. The van der Waals surface area contributed by atoms with Crippen molar-refractivity contribution in [2.24, 2.45) is 0 Å². The highest BCUT2D eigenvalue weighted by Gasteiger charge is 2.34. The van der Waals surface area contributed by atoms with E-state index in [1.807, 2.05) is 0 Å². The van der Waals surface area contributed by atoms with E-state index in [1.165, 1.54) is 0 Å². The molecular formula is C14H20Cl2F3N3O2. The van der Waals surface area contributed by atoms with Crippen LogP contribution in [0.5, 0.6) is 0 Å². The molecule has 0 spiro atoms. The van der Waals surface area contributed by atoms with Gasteiger partial charge in [0, 0.05) is 19.9 Å². The highest BCUT2D eigenvalue weighted by molar-refractivity contribution is 5.93. The zero-order chi connectivity index (χ0) is 16.2. The molecule has 0 bridgehead atoms. The van der Waals surface area contributed by atoms with Crippen LogP contribution in [0.4, 0.5) is 13.2 Å². The van der Waals surface area contributed by atoms with E-state index in [1.54, 1.807) is 7.11 Å². The molecule has 2 N–H and O–H groups in total. The Kier molecular flexibility index (Phi) is 8.98. The third kappa shape index (κ3) is 5.77. The quantitative estimate of drug-likeness (QED) is 0.811. The lowest BCUT2D eigenvalue weighted by Gasteiger charge is -2.28. The number of amides is 1. The summed E-state index contributed by atoms with van der Waals surface area (Å²) in [6.45, 7) is 1.65. The van der Waals surface area contributed by atoms with Crippen LogP contribution in [-0.2, 0) is 10.9 Å². The second kappa shape index (κ2) is 9.41. The number of halogens is 5. The second-order valence-corrected chi connectivity index (χ2v) is 5.36. The van der Waals surface area contributed by atoms with Crippen molar-refractivity contribution in [3.63, 3.8) is 0 Å². The predicted molar refractivity (Wildman–Crippen MR) is 87.9 cm³/mol. The summed E-state index contributed by atoms with van der Waals surface area (Å²) in [5.74, 6) is -0.453. The van der Waals surface area contributed by atoms with E-state index in [4.69, 9.17) is 4.74 Å². The van der Waals surface area contributed by atoms with Gasteiger partial charge in [-0.3, -0.25) is 9.78 Å². The van der Waals surface area contributed by atoms with Crippen molar-refractivity contribution in [1.82, 2.24) is 15.6 Å². The normalized spacial score (nSPS) is 20.0. The van der Waals surface area contributed by atoms with Crippen LogP contribution in [0.3, 0.4) is 0 Å². The number of hydrogen-bond donors (Lipinski definition) is 2. The smallest absolute Gasteiger partial charge is 0.383 e. The average molecular weight is 390 g/mol. The Bertz CT molecular complexity index is 521. The predicted octanol–water partition coefficient (Wildman–Crippen LogP) is 2.44. The fraction of sp³-hybridized carbons (Fsp3) is 0.571. The average Bonchev–Trinajstić information content (AvgIpc) is 2.93. The number of aromatic nitrogens is 1. The number of carbonyl (C=O) groups is 1. The number of carbonyl (C=O) groups excluding carboxylic acids is 1. The molecule has 0 saturated carbocycles. The molecule has 2 rings (SSSR count). The number of rotatable bonds is 5. The largest absolute Gasteiger partial charge is 0.433 e. The molecule has 1 amide bonds. The standard InChI is InChI=1S/C14H18F3N3O2.2ClH/c1-22-9-13(5-2-6-20-13)8-19-12(21)10-3-4-11(18-7-10)14(15,16)17;;/h3-4,7,20H,2,5-6,8-9H2,1H3,(H,19,21);2*1H. The van der Waals surface area contributed by atoms with Gasteiger partial charge in [-0.1, -0.05) is 0 Å². The molecule has 1 aromatic heterocycles. The second-order valence-electron chi connectivity index (χ2n) is 5.36. The van der Waals surface area contributed by atoms with Crippen molar-refractivity contribution in [3.05, 3.63) is 29.6 Å². The minimum absolute atomic E-state index is 0. The first-order valence-corrected chi connectivity index (χ1v) is 6.92. The van der Waals surface area contributed by atoms with Gasteiger partial charge in [0.1, 0.15) is 5.69 Å². The first-order valence-electron chi connectivity index (χ1n) is 6.92. The Morgan fingerprint density at radius 3 is 2.58 bits per heavy atom. The van der Waals surface area contributed by atoms with E-state index in [9.17, 15) is 18.0 Å². The summed E-state index contributed by atoms with van der Waals surface area (Å²) < 4.78 is 42.4. The molecule has 0 aliphatic carbocycles. The maximum atomic E-state index is 12.4. The van der Waals surface area contributed by atoms with E-state index in [2.05, 4.69) is 15.6 Å². The Balaban J connectivity index is 0.00000264. The number of ether oxygens (including phenoxy) is 1. The fourth-order valence-electron chi connectivity index (χ4n) is 2.52. The Hall–Kier alpha value is -1.09. The molecule has 1 fully saturated rings. The van der Waals surface area contributed by atoms with Crippen molar-refractivity contribution in [3.8, 4) is 0 Å². The maximum absolute atomic E-state index is 12.4. The lowest BCUT2D eigenvalue weighted by atomic mass is 9.98. The number of nitrogens with one attached hydrogen (secondary N) is 2. The van der Waals surface area contributed by atoms with E-state index >= 15 is 0 Å². The van der Waals surface area contributed by atoms with Crippen LogP contribution in [0.2, 0.25) is 0 Å². The lowest BCUT2D eigenvalue weighted by molar-refractivity contribution is -0.141. The first-order chi connectivity index (χ1) is 10.4. The van der Waals surface area contributed by atoms with Crippen molar-refractivity contribution < 1.29 is 22.7 Å². The summed E-state index contributed by atoms with van der Waals surface area (Å²) in [6, 6.07) is 1.92. The molecule has 1 aliphatic rings. The molecule has 1 aromatic rings. The van der Waals surface area contributed by atoms with Crippen LogP contribution in [0.25, 0.3) is 0 Å². The summed E-state index contributed by atoms with van der Waals surface area (Å²) in [6.07, 6.45) is -1.72. The van der Waals surface area contributed by atoms with Crippen LogP contribution >= 0.6 is 24.8 Å². The van der Waals surface area contributed by atoms with Crippen LogP contribution in [0.1, 0.15) is 28.9 Å². The molecule has 5 nitrogen and oxygen atoms in total. The summed E-state index contributed by atoms with van der Waals surface area (Å²) in [5.41, 5.74) is -1.24. The minimum Gasteiger partial charge on any atom is -0.383 e. The highest BCUT2D eigenvalue weighted by atomic mass is 35.5. The van der Waals surface area contributed by atoms with Crippen LogP contribution < -0.4 is 10.6 Å². The summed E-state index contributed by atoms with van der Waals surface area (Å²) in [7, 11) is 1.59. The number of alkyl halides is 3. The van der Waals surface area contributed by atoms with Gasteiger partial charge in [0.05, 0.1) is 17.7 Å². The summed E-state index contributed by atoms with van der Waals surface area (Å²) >= 11 is 0. The van der Waals surface area contributed by atoms with Gasteiger partial charge in [-0.05, 0) is 31.5 Å². The number of nitrogens with zero attached hydrogens (tertiary/aromatic N) is 1. The molecule has 1 aliphatic heterocycles. The molecule has 0 radical (unpaired) electrons. The van der Waals surface area contributed by atoms with Gasteiger partial charge in [-0.15, -0.1) is 24.8 Å². The summed E-state index contributed by atoms with van der Waals surface area (Å²) in [5, 5.41) is 6.02. The van der Waals surface area contributed by atoms with Gasteiger partial charge in [0.25, 0.3) is 5.91 Å². The Morgan fingerprint density at radius 1 is 1.42 bits per heavy atom. The van der Waals surface area contributed by atoms with Gasteiger partial charge < -0.3 is 15.4 Å². The van der Waals surface area contributed by atoms with E-state index in [0.29, 0.717) is 13.2 Å².